The third-order valence-corrected chi connectivity index (χ3v) is 5.35. The summed E-state index contributed by atoms with van der Waals surface area (Å²) in [5.74, 6) is -0.0133. The van der Waals surface area contributed by atoms with Crippen molar-refractivity contribution in [3.8, 4) is 5.75 Å². The molecule has 1 saturated heterocycles. The number of halogens is 2. The van der Waals surface area contributed by atoms with Gasteiger partial charge in [0.05, 0.1) is 5.69 Å². The molecule has 0 saturated carbocycles. The van der Waals surface area contributed by atoms with Gasteiger partial charge in [0.15, 0.2) is 6.61 Å². The van der Waals surface area contributed by atoms with Gasteiger partial charge in [0.2, 0.25) is 0 Å². The van der Waals surface area contributed by atoms with Crippen molar-refractivity contribution >= 4 is 29.2 Å². The number of urea groups is 1. The normalized spacial score (nSPS) is 16.6. The lowest BCUT2D eigenvalue weighted by Gasteiger charge is -2.39. The summed E-state index contributed by atoms with van der Waals surface area (Å²) in [6.07, 6.45) is 0. The number of amides is 3. The van der Waals surface area contributed by atoms with Crippen molar-refractivity contribution in [3.05, 3.63) is 58.9 Å². The second kappa shape index (κ2) is 10.5. The minimum atomic E-state index is -0.413. The quantitative estimate of drug-likeness (QED) is 0.710. The van der Waals surface area contributed by atoms with Gasteiger partial charge in [-0.1, -0.05) is 23.7 Å². The Hall–Kier alpha value is -2.84. The van der Waals surface area contributed by atoms with Gasteiger partial charge >= 0.3 is 6.03 Å². The molecular formula is C22H26ClFN4O3. The van der Waals surface area contributed by atoms with Gasteiger partial charge in [0, 0.05) is 44.3 Å². The lowest BCUT2D eigenvalue weighted by Crippen LogP contribution is -2.54. The monoisotopic (exact) mass is 448 g/mol. The molecule has 0 aromatic heterocycles. The molecule has 9 heteroatoms. The third kappa shape index (κ3) is 6.32. The number of nitrogens with one attached hydrogen (secondary N) is 2. The fraction of sp³-hybridized carbons (Fsp3) is 0.364. The number of nitrogens with zero attached hydrogens (tertiary/aromatic N) is 2. The summed E-state index contributed by atoms with van der Waals surface area (Å²) in [4.78, 5) is 28.4. The minimum absolute atomic E-state index is 0.0129. The molecule has 2 N–H and O–H groups in total. The summed E-state index contributed by atoms with van der Waals surface area (Å²) >= 11 is 6.00. The van der Waals surface area contributed by atoms with Crippen LogP contribution in [0.2, 0.25) is 5.02 Å². The molecule has 1 fully saturated rings. The fourth-order valence-electron chi connectivity index (χ4n) is 3.53. The SMILES string of the molecule is CNC(=O)Nc1cc(Cl)ccc1OCC(=O)N1CCN(Cc2ccc(F)cc2)C[C@H]1C. The zero-order valence-corrected chi connectivity index (χ0v) is 18.3. The molecular weight excluding hydrogens is 423 g/mol. The highest BCUT2D eigenvalue weighted by atomic mass is 35.5. The van der Waals surface area contributed by atoms with Gasteiger partial charge in [-0.05, 0) is 42.8 Å². The number of anilines is 1. The fourth-order valence-corrected chi connectivity index (χ4v) is 3.70. The molecule has 1 heterocycles. The maximum absolute atomic E-state index is 13.1. The van der Waals surface area contributed by atoms with Crippen LogP contribution in [0.25, 0.3) is 0 Å². The van der Waals surface area contributed by atoms with Crippen molar-refractivity contribution in [2.75, 3.05) is 38.6 Å². The van der Waals surface area contributed by atoms with Crippen LogP contribution in [-0.2, 0) is 11.3 Å². The van der Waals surface area contributed by atoms with Crippen LogP contribution in [0.3, 0.4) is 0 Å². The predicted octanol–water partition coefficient (Wildman–Crippen LogP) is 3.34. The van der Waals surface area contributed by atoms with E-state index in [9.17, 15) is 14.0 Å². The first-order valence-corrected chi connectivity index (χ1v) is 10.4. The number of piperazine rings is 1. The van der Waals surface area contributed by atoms with Crippen LogP contribution in [0.15, 0.2) is 42.5 Å². The highest BCUT2D eigenvalue weighted by molar-refractivity contribution is 6.31. The van der Waals surface area contributed by atoms with E-state index in [0.717, 1.165) is 12.1 Å². The van der Waals surface area contributed by atoms with Crippen LogP contribution in [-0.4, -0.2) is 61.1 Å². The molecule has 0 bridgehead atoms. The summed E-state index contributed by atoms with van der Waals surface area (Å²) in [5.41, 5.74) is 1.42. The molecule has 1 aliphatic rings. The van der Waals surface area contributed by atoms with Crippen molar-refractivity contribution in [1.82, 2.24) is 15.1 Å². The molecule has 0 unspecified atom stereocenters. The van der Waals surface area contributed by atoms with Gasteiger partial charge in [0.1, 0.15) is 11.6 Å². The van der Waals surface area contributed by atoms with Gasteiger partial charge in [-0.25, -0.2) is 9.18 Å². The van der Waals surface area contributed by atoms with Crippen molar-refractivity contribution < 1.29 is 18.7 Å². The largest absolute Gasteiger partial charge is 0.482 e. The van der Waals surface area contributed by atoms with E-state index in [1.807, 2.05) is 6.92 Å². The molecule has 3 rings (SSSR count). The van der Waals surface area contributed by atoms with Crippen molar-refractivity contribution in [1.29, 1.82) is 0 Å². The Labute approximate surface area is 186 Å². The van der Waals surface area contributed by atoms with Crippen LogP contribution in [0.4, 0.5) is 14.9 Å². The summed E-state index contributed by atoms with van der Waals surface area (Å²) < 4.78 is 18.8. The van der Waals surface area contributed by atoms with Gasteiger partial charge in [-0.15, -0.1) is 0 Å². The lowest BCUT2D eigenvalue weighted by atomic mass is 10.1. The van der Waals surface area contributed by atoms with E-state index in [1.54, 1.807) is 35.2 Å². The maximum Gasteiger partial charge on any atom is 0.319 e. The Balaban J connectivity index is 1.54. The molecule has 31 heavy (non-hydrogen) atoms. The molecule has 3 amide bonds. The summed E-state index contributed by atoms with van der Waals surface area (Å²) in [6, 6.07) is 10.9. The molecule has 166 valence electrons. The van der Waals surface area contributed by atoms with E-state index in [-0.39, 0.29) is 24.4 Å². The van der Waals surface area contributed by atoms with E-state index in [2.05, 4.69) is 15.5 Å². The topological polar surface area (TPSA) is 73.9 Å². The Morgan fingerprint density at radius 3 is 2.61 bits per heavy atom. The van der Waals surface area contributed by atoms with E-state index in [4.69, 9.17) is 16.3 Å². The molecule has 2 aromatic rings. The second-order valence-corrected chi connectivity index (χ2v) is 7.87. The van der Waals surface area contributed by atoms with Crippen molar-refractivity contribution in [2.24, 2.45) is 0 Å². The Kier molecular flexibility index (Phi) is 7.70. The van der Waals surface area contributed by atoms with E-state index < -0.39 is 6.03 Å². The van der Waals surface area contributed by atoms with Crippen LogP contribution in [0.5, 0.6) is 5.75 Å². The van der Waals surface area contributed by atoms with Crippen LogP contribution in [0.1, 0.15) is 12.5 Å². The first-order chi connectivity index (χ1) is 14.9. The highest BCUT2D eigenvalue weighted by Crippen LogP contribution is 2.28. The van der Waals surface area contributed by atoms with Gasteiger partial charge in [0.25, 0.3) is 5.91 Å². The smallest absolute Gasteiger partial charge is 0.319 e. The zero-order chi connectivity index (χ0) is 22.4. The molecule has 7 nitrogen and oxygen atoms in total. The summed E-state index contributed by atoms with van der Waals surface area (Å²) in [6.45, 7) is 4.57. The summed E-state index contributed by atoms with van der Waals surface area (Å²) in [7, 11) is 1.50. The summed E-state index contributed by atoms with van der Waals surface area (Å²) in [5, 5.41) is 5.53. The number of rotatable bonds is 6. The van der Waals surface area contributed by atoms with Crippen molar-refractivity contribution in [2.45, 2.75) is 19.5 Å². The lowest BCUT2D eigenvalue weighted by molar-refractivity contribution is -0.137. The molecule has 1 aliphatic heterocycles. The molecule has 0 radical (unpaired) electrons. The van der Waals surface area contributed by atoms with Crippen molar-refractivity contribution in [3.63, 3.8) is 0 Å². The number of hydrogen-bond donors (Lipinski definition) is 2. The average Bonchev–Trinajstić information content (AvgIpc) is 2.74. The molecule has 2 aromatic carbocycles. The molecule has 0 spiro atoms. The van der Waals surface area contributed by atoms with E-state index >= 15 is 0 Å². The Morgan fingerprint density at radius 1 is 1.19 bits per heavy atom. The van der Waals surface area contributed by atoms with Gasteiger partial charge < -0.3 is 20.3 Å². The second-order valence-electron chi connectivity index (χ2n) is 7.43. The standard InChI is InChI=1S/C22H26ClFN4O3/c1-15-12-27(13-16-3-6-18(24)7-4-16)9-10-28(15)21(29)14-31-20-8-5-17(23)11-19(20)26-22(30)25-2/h3-8,11,15H,9-10,12-14H2,1-2H3,(H2,25,26,30)/t15-/m1/s1. The Bertz CT molecular complexity index is 925. The Morgan fingerprint density at radius 2 is 1.94 bits per heavy atom. The zero-order valence-electron chi connectivity index (χ0n) is 17.5. The van der Waals surface area contributed by atoms with E-state index in [1.165, 1.54) is 19.2 Å². The van der Waals surface area contributed by atoms with Crippen LogP contribution >= 0.6 is 11.6 Å². The number of carbonyl (C=O) groups is 2. The number of ether oxygens (including phenoxy) is 1. The number of benzene rings is 2. The van der Waals surface area contributed by atoms with Gasteiger partial charge in [-0.3, -0.25) is 9.69 Å². The average molecular weight is 449 g/mol. The first-order valence-electron chi connectivity index (χ1n) is 10.0. The molecule has 0 aliphatic carbocycles. The first kappa shape index (κ1) is 22.8. The van der Waals surface area contributed by atoms with Crippen LogP contribution in [0, 0.1) is 5.82 Å². The number of hydrogen-bond acceptors (Lipinski definition) is 4. The maximum atomic E-state index is 13.1. The van der Waals surface area contributed by atoms with Gasteiger partial charge in [-0.2, -0.15) is 0 Å². The molecule has 1 atom stereocenters. The highest BCUT2D eigenvalue weighted by Gasteiger charge is 2.27. The minimum Gasteiger partial charge on any atom is -0.482 e. The van der Waals surface area contributed by atoms with E-state index in [0.29, 0.717) is 36.1 Å². The number of carbonyl (C=O) groups excluding carboxylic acids is 2. The predicted molar refractivity (Wildman–Crippen MR) is 118 cm³/mol. The van der Waals surface area contributed by atoms with Crippen LogP contribution < -0.4 is 15.4 Å². The third-order valence-electron chi connectivity index (χ3n) is 5.12.